The number of nitrogens with zero attached hydrogens (tertiary/aromatic N) is 4. The summed E-state index contributed by atoms with van der Waals surface area (Å²) in [4.78, 5) is 25.6. The molecule has 11 nitrogen and oxygen atoms in total. The van der Waals surface area contributed by atoms with Gasteiger partial charge >= 0.3 is 18.3 Å². The van der Waals surface area contributed by atoms with Crippen LogP contribution in [0.3, 0.4) is 0 Å². The Labute approximate surface area is 214 Å². The Morgan fingerprint density at radius 1 is 0.949 bits per heavy atom. The largest absolute Gasteiger partial charge is 0.492 e. The van der Waals surface area contributed by atoms with Crippen LogP contribution in [-0.2, 0) is 19.7 Å². The molecule has 0 unspecified atom stereocenters. The van der Waals surface area contributed by atoms with Crippen LogP contribution in [0.1, 0.15) is 0 Å². The van der Waals surface area contributed by atoms with Crippen molar-refractivity contribution in [2.45, 2.75) is 17.2 Å². The molecule has 2 N–H and O–H groups in total. The van der Waals surface area contributed by atoms with Gasteiger partial charge in [0, 0.05) is 13.1 Å². The van der Waals surface area contributed by atoms with E-state index >= 15 is 0 Å². The molecule has 1 aromatic carbocycles. The van der Waals surface area contributed by atoms with Gasteiger partial charge in [-0.2, -0.15) is 26.3 Å². The zero-order valence-electron chi connectivity index (χ0n) is 19.2. The van der Waals surface area contributed by atoms with Crippen LogP contribution in [0.15, 0.2) is 53.8 Å². The third kappa shape index (κ3) is 8.11. The van der Waals surface area contributed by atoms with Crippen LogP contribution in [0.2, 0.25) is 0 Å². The zero-order valence-corrected chi connectivity index (χ0v) is 20.0. The third-order valence-corrected chi connectivity index (χ3v) is 5.94. The predicted molar refractivity (Wildman–Crippen MR) is 118 cm³/mol. The first-order valence-corrected chi connectivity index (χ1v) is 11.6. The van der Waals surface area contributed by atoms with Crippen LogP contribution in [0.4, 0.5) is 53.9 Å². The van der Waals surface area contributed by atoms with Crippen molar-refractivity contribution in [3.63, 3.8) is 0 Å². The third-order valence-electron chi connectivity index (χ3n) is 4.33. The molecule has 0 bridgehead atoms. The van der Waals surface area contributed by atoms with Crippen LogP contribution < -0.4 is 15.4 Å². The summed E-state index contributed by atoms with van der Waals surface area (Å²) in [6.07, 6.45) is -8.35. The van der Waals surface area contributed by atoms with Gasteiger partial charge in [-0.25, -0.2) is 32.6 Å². The van der Waals surface area contributed by atoms with Crippen molar-refractivity contribution in [2.24, 2.45) is 0 Å². The van der Waals surface area contributed by atoms with E-state index in [0.29, 0.717) is 7.05 Å². The Balaban J connectivity index is 1.93. The Morgan fingerprint density at radius 2 is 1.62 bits per heavy atom. The van der Waals surface area contributed by atoms with E-state index in [0.717, 1.165) is 36.8 Å². The molecule has 0 saturated heterocycles. The van der Waals surface area contributed by atoms with E-state index in [1.807, 2.05) is 0 Å². The second-order valence-electron chi connectivity index (χ2n) is 7.25. The zero-order chi connectivity index (χ0) is 29.0. The first kappa shape index (κ1) is 29.3. The van der Waals surface area contributed by atoms with Crippen LogP contribution in [0.25, 0.3) is 0 Å². The molecule has 0 amide bonds. The van der Waals surface area contributed by atoms with E-state index in [2.05, 4.69) is 30.4 Å². The number of sulfonamides is 1. The number of rotatable bonds is 9. The summed E-state index contributed by atoms with van der Waals surface area (Å²) in [5.41, 5.74) is -0.416. The van der Waals surface area contributed by atoms with E-state index in [1.165, 1.54) is 12.1 Å². The van der Waals surface area contributed by atoms with Crippen LogP contribution in [-0.4, -0.2) is 59.8 Å². The van der Waals surface area contributed by atoms with Crippen LogP contribution >= 0.6 is 0 Å². The molecule has 3 rings (SSSR count). The number of hydrogen-bond acceptors (Lipinski definition) is 10. The van der Waals surface area contributed by atoms with E-state index in [9.17, 15) is 43.9 Å². The number of nitrogens with one attached hydrogen (secondary N) is 2. The van der Waals surface area contributed by atoms with Gasteiger partial charge in [-0.05, 0) is 34.8 Å². The Hall–Kier alpha value is -4.26. The molecule has 210 valence electrons. The lowest BCUT2D eigenvalue weighted by Gasteiger charge is -2.19. The lowest BCUT2D eigenvalue weighted by molar-refractivity contribution is -0.219. The van der Waals surface area contributed by atoms with Gasteiger partial charge in [0.2, 0.25) is 0 Å². The van der Waals surface area contributed by atoms with Gasteiger partial charge in [0.25, 0.3) is 10.0 Å². The van der Waals surface area contributed by atoms with E-state index in [1.54, 1.807) is 0 Å². The van der Waals surface area contributed by atoms with Gasteiger partial charge in [0.05, 0.1) is 16.8 Å². The SMILES string of the molecule is CN(OC(=O)C(F)(F)F)S(=O)(=O)c1ccc(OCC(F)(F)F)c(Nc2cc(Nc3ccc(F)cn3)ncn2)c1. The minimum atomic E-state index is -5.51. The summed E-state index contributed by atoms with van der Waals surface area (Å²) >= 11 is 0. The number of hydroxylamine groups is 1. The van der Waals surface area contributed by atoms with E-state index < -0.39 is 57.1 Å². The van der Waals surface area contributed by atoms with Crippen LogP contribution in [0.5, 0.6) is 5.75 Å². The molecule has 39 heavy (non-hydrogen) atoms. The highest BCUT2D eigenvalue weighted by Crippen LogP contribution is 2.33. The smallest absolute Gasteiger partial charge is 0.482 e. The maximum atomic E-state index is 13.1. The molecule has 0 spiro atoms. The molecule has 0 aliphatic heterocycles. The fourth-order valence-corrected chi connectivity index (χ4v) is 3.60. The molecule has 0 atom stereocenters. The van der Waals surface area contributed by atoms with Gasteiger partial charge in [-0.3, -0.25) is 0 Å². The number of pyridine rings is 1. The average molecular weight is 584 g/mol. The van der Waals surface area contributed by atoms with Gasteiger partial charge in [0.15, 0.2) is 6.61 Å². The predicted octanol–water partition coefficient (Wildman–Crippen LogP) is 4.08. The number of alkyl halides is 6. The summed E-state index contributed by atoms with van der Waals surface area (Å²) in [5.74, 6) is -3.82. The second kappa shape index (κ2) is 11.2. The van der Waals surface area contributed by atoms with Crippen molar-refractivity contribution in [1.29, 1.82) is 0 Å². The number of carbonyl (C=O) groups excluding carboxylic acids is 1. The van der Waals surface area contributed by atoms with Crippen molar-refractivity contribution in [3.8, 4) is 5.75 Å². The van der Waals surface area contributed by atoms with Crippen LogP contribution in [0, 0.1) is 5.82 Å². The quantitative estimate of drug-likeness (QED) is 0.280. The highest BCUT2D eigenvalue weighted by molar-refractivity contribution is 7.89. The first-order chi connectivity index (χ1) is 18.0. The fraction of sp³-hybridized carbons (Fsp3) is 0.200. The van der Waals surface area contributed by atoms with Gasteiger partial charge in [0.1, 0.15) is 35.3 Å². The molecule has 2 heterocycles. The number of anilines is 4. The van der Waals surface area contributed by atoms with Crippen molar-refractivity contribution < 1.29 is 53.5 Å². The van der Waals surface area contributed by atoms with E-state index in [-0.39, 0.29) is 21.9 Å². The lowest BCUT2D eigenvalue weighted by Crippen LogP contribution is -2.36. The number of carbonyl (C=O) groups is 1. The van der Waals surface area contributed by atoms with Crippen molar-refractivity contribution in [2.75, 3.05) is 24.3 Å². The van der Waals surface area contributed by atoms with Gasteiger partial charge in [-0.1, -0.05) is 0 Å². The topological polar surface area (TPSA) is 136 Å². The molecule has 0 radical (unpaired) electrons. The average Bonchev–Trinajstić information content (AvgIpc) is 2.83. The fourth-order valence-electron chi connectivity index (χ4n) is 2.63. The highest BCUT2D eigenvalue weighted by atomic mass is 32.2. The van der Waals surface area contributed by atoms with E-state index in [4.69, 9.17) is 4.74 Å². The Morgan fingerprint density at radius 3 is 2.21 bits per heavy atom. The summed E-state index contributed by atoms with van der Waals surface area (Å²) in [7, 11) is -4.43. The standard InChI is InChI=1S/C20H15F7N6O5S/c1-33(38-18(34)20(25,26)27)39(35,36)12-3-4-14(37-9-19(22,23)24)13(6-12)31-16-7-17(30-10-29-16)32-15-5-2-11(21)8-28-15/h2-8,10H,9H2,1H3,(H2,28,29,30,31,32). The number of benzene rings is 1. The molecule has 19 heteroatoms. The molecule has 2 aromatic heterocycles. The molecule has 0 aliphatic carbocycles. The first-order valence-electron chi connectivity index (χ1n) is 10.1. The number of halogens is 7. The van der Waals surface area contributed by atoms with Crippen molar-refractivity contribution in [3.05, 3.63) is 54.7 Å². The minimum absolute atomic E-state index is 0.0759. The summed E-state index contributed by atoms with van der Waals surface area (Å²) < 4.78 is 118. The highest BCUT2D eigenvalue weighted by Gasteiger charge is 2.44. The molecule has 0 saturated carbocycles. The summed E-state index contributed by atoms with van der Waals surface area (Å²) in [5, 5.41) is 5.23. The number of aromatic nitrogens is 3. The lowest BCUT2D eigenvalue weighted by atomic mass is 10.3. The van der Waals surface area contributed by atoms with Crippen molar-refractivity contribution in [1.82, 2.24) is 19.4 Å². The number of hydrogen-bond donors (Lipinski definition) is 2. The van der Waals surface area contributed by atoms with Gasteiger partial charge < -0.3 is 20.2 Å². The maximum absolute atomic E-state index is 13.1. The monoisotopic (exact) mass is 584 g/mol. The molecular formula is C20H15F7N6O5S. The molecule has 3 aromatic rings. The summed E-state index contributed by atoms with van der Waals surface area (Å²) in [6, 6.07) is 5.84. The molecular weight excluding hydrogens is 569 g/mol. The maximum Gasteiger partial charge on any atom is 0.492 e. The molecule has 0 fully saturated rings. The normalized spacial score (nSPS) is 12.2. The molecule has 0 aliphatic rings. The Bertz CT molecular complexity index is 1440. The van der Waals surface area contributed by atoms with Gasteiger partial charge in [-0.15, -0.1) is 0 Å². The minimum Gasteiger partial charge on any atom is -0.482 e. The Kier molecular flexibility index (Phi) is 8.44. The summed E-state index contributed by atoms with van der Waals surface area (Å²) in [6.45, 7) is -1.77. The van der Waals surface area contributed by atoms with Crippen molar-refractivity contribution >= 4 is 39.1 Å². The number of ether oxygens (including phenoxy) is 1. The second-order valence-corrected chi connectivity index (χ2v) is 9.19.